The molecular formula is C15H20N2O. The van der Waals surface area contributed by atoms with Gasteiger partial charge in [0.25, 0.3) is 0 Å². The minimum absolute atomic E-state index is 0.190. The van der Waals surface area contributed by atoms with E-state index >= 15 is 0 Å². The first-order chi connectivity index (χ1) is 8.69. The first kappa shape index (κ1) is 12.9. The Labute approximate surface area is 109 Å². The maximum absolute atomic E-state index is 9.54. The summed E-state index contributed by atoms with van der Waals surface area (Å²) in [7, 11) is 0. The minimum Gasteiger partial charge on any atom is -0.378 e. The molecule has 1 aliphatic rings. The lowest BCUT2D eigenvalue weighted by Gasteiger charge is -2.37. The quantitative estimate of drug-likeness (QED) is 0.887. The van der Waals surface area contributed by atoms with Gasteiger partial charge in [-0.2, -0.15) is 5.26 Å². The van der Waals surface area contributed by atoms with Crippen LogP contribution in [0.5, 0.6) is 0 Å². The molecule has 1 aromatic carbocycles. The molecule has 3 nitrogen and oxygen atoms in total. The normalized spacial score (nSPS) is 27.5. The Balaban J connectivity index is 2.19. The summed E-state index contributed by atoms with van der Waals surface area (Å²) < 4.78 is 5.66. The summed E-state index contributed by atoms with van der Waals surface area (Å²) in [4.78, 5) is 0. The van der Waals surface area contributed by atoms with Crippen LogP contribution in [0.4, 0.5) is 5.69 Å². The Morgan fingerprint density at radius 2 is 2.28 bits per heavy atom. The number of nitriles is 1. The van der Waals surface area contributed by atoms with Gasteiger partial charge in [0.2, 0.25) is 0 Å². The molecule has 18 heavy (non-hydrogen) atoms. The van der Waals surface area contributed by atoms with Crippen LogP contribution < -0.4 is 5.32 Å². The number of aryl methyl sites for hydroxylation is 1. The monoisotopic (exact) mass is 244 g/mol. The number of rotatable bonds is 3. The van der Waals surface area contributed by atoms with Gasteiger partial charge in [-0.25, -0.2) is 0 Å². The summed E-state index contributed by atoms with van der Waals surface area (Å²) in [5.74, 6) is 0. The highest BCUT2D eigenvalue weighted by Crippen LogP contribution is 2.30. The molecule has 0 aliphatic carbocycles. The van der Waals surface area contributed by atoms with E-state index in [-0.39, 0.29) is 6.10 Å². The lowest BCUT2D eigenvalue weighted by Crippen LogP contribution is -2.45. The van der Waals surface area contributed by atoms with Crippen LogP contribution in [0.15, 0.2) is 24.3 Å². The maximum atomic E-state index is 9.54. The minimum atomic E-state index is -0.481. The first-order valence-electron chi connectivity index (χ1n) is 6.56. The van der Waals surface area contributed by atoms with Crippen molar-refractivity contribution < 1.29 is 4.74 Å². The second-order valence-corrected chi connectivity index (χ2v) is 4.99. The van der Waals surface area contributed by atoms with Crippen LogP contribution in [0.2, 0.25) is 0 Å². The third kappa shape index (κ3) is 2.65. The van der Waals surface area contributed by atoms with Gasteiger partial charge < -0.3 is 10.1 Å². The van der Waals surface area contributed by atoms with Crippen molar-refractivity contribution in [1.82, 2.24) is 0 Å². The SMILES string of the molecule is CCC1CC(C#N)(Nc2ccccc2C)CCO1. The third-order valence-corrected chi connectivity index (χ3v) is 3.65. The average Bonchev–Trinajstić information content (AvgIpc) is 2.42. The summed E-state index contributed by atoms with van der Waals surface area (Å²) in [5.41, 5.74) is 1.74. The van der Waals surface area contributed by atoms with Gasteiger partial charge in [0.1, 0.15) is 5.54 Å². The molecule has 2 rings (SSSR count). The van der Waals surface area contributed by atoms with Crippen molar-refractivity contribution in [2.45, 2.75) is 44.8 Å². The van der Waals surface area contributed by atoms with Crippen LogP contribution >= 0.6 is 0 Å². The molecule has 1 aliphatic heterocycles. The molecule has 0 spiro atoms. The number of ether oxygens (including phenoxy) is 1. The molecule has 0 bridgehead atoms. The van der Waals surface area contributed by atoms with Crippen molar-refractivity contribution in [2.24, 2.45) is 0 Å². The van der Waals surface area contributed by atoms with E-state index in [1.165, 1.54) is 5.56 Å². The van der Waals surface area contributed by atoms with Crippen molar-refractivity contribution in [2.75, 3.05) is 11.9 Å². The molecule has 1 saturated heterocycles. The van der Waals surface area contributed by atoms with Gasteiger partial charge in [-0.1, -0.05) is 25.1 Å². The van der Waals surface area contributed by atoms with Crippen LogP contribution in [0.25, 0.3) is 0 Å². The smallest absolute Gasteiger partial charge is 0.130 e. The van der Waals surface area contributed by atoms with Gasteiger partial charge in [-0.3, -0.25) is 0 Å². The van der Waals surface area contributed by atoms with Gasteiger partial charge in [0, 0.05) is 18.5 Å². The highest BCUT2D eigenvalue weighted by Gasteiger charge is 2.36. The number of hydrogen-bond donors (Lipinski definition) is 1. The van der Waals surface area contributed by atoms with Crippen LogP contribution in [-0.2, 0) is 4.74 Å². The number of nitrogens with zero attached hydrogens (tertiary/aromatic N) is 1. The molecule has 0 amide bonds. The van der Waals surface area contributed by atoms with Crippen molar-refractivity contribution in [3.8, 4) is 6.07 Å². The number of anilines is 1. The van der Waals surface area contributed by atoms with E-state index in [1.54, 1.807) is 0 Å². The molecule has 1 aromatic rings. The zero-order chi connectivity index (χ0) is 13.0. The fraction of sp³-hybridized carbons (Fsp3) is 0.533. The highest BCUT2D eigenvalue weighted by molar-refractivity contribution is 5.53. The van der Waals surface area contributed by atoms with Gasteiger partial charge in [0.15, 0.2) is 0 Å². The van der Waals surface area contributed by atoms with Gasteiger partial charge in [-0.15, -0.1) is 0 Å². The lowest BCUT2D eigenvalue weighted by atomic mass is 9.86. The summed E-state index contributed by atoms with van der Waals surface area (Å²) in [6, 6.07) is 10.6. The summed E-state index contributed by atoms with van der Waals surface area (Å²) in [6.45, 7) is 4.82. The molecule has 1 heterocycles. The van der Waals surface area contributed by atoms with Crippen LogP contribution in [0.3, 0.4) is 0 Å². The maximum Gasteiger partial charge on any atom is 0.130 e. The van der Waals surface area contributed by atoms with Crippen molar-refractivity contribution >= 4 is 5.69 Å². The largest absolute Gasteiger partial charge is 0.378 e. The predicted molar refractivity (Wildman–Crippen MR) is 72.4 cm³/mol. The average molecular weight is 244 g/mol. The molecule has 3 heteroatoms. The van der Waals surface area contributed by atoms with Crippen LogP contribution in [0, 0.1) is 18.3 Å². The van der Waals surface area contributed by atoms with Crippen LogP contribution in [-0.4, -0.2) is 18.2 Å². The second-order valence-electron chi connectivity index (χ2n) is 4.99. The topological polar surface area (TPSA) is 45.0 Å². The summed E-state index contributed by atoms with van der Waals surface area (Å²) in [5, 5.41) is 13.0. The van der Waals surface area contributed by atoms with Crippen molar-refractivity contribution in [1.29, 1.82) is 5.26 Å². The number of benzene rings is 1. The molecule has 2 atom stereocenters. The van der Waals surface area contributed by atoms with Gasteiger partial charge in [0.05, 0.1) is 18.8 Å². The lowest BCUT2D eigenvalue weighted by molar-refractivity contribution is -0.00305. The molecule has 1 fully saturated rings. The molecule has 0 aromatic heterocycles. The molecular weight excluding hydrogens is 224 g/mol. The Morgan fingerprint density at radius 1 is 1.50 bits per heavy atom. The summed E-state index contributed by atoms with van der Waals surface area (Å²) >= 11 is 0. The predicted octanol–water partition coefficient (Wildman–Crippen LogP) is 3.26. The zero-order valence-corrected chi connectivity index (χ0v) is 11.1. The second kappa shape index (κ2) is 5.41. The molecule has 0 saturated carbocycles. The number of hydrogen-bond acceptors (Lipinski definition) is 3. The van der Waals surface area contributed by atoms with Gasteiger partial charge in [-0.05, 0) is 25.0 Å². The number of para-hydroxylation sites is 1. The van der Waals surface area contributed by atoms with E-state index in [4.69, 9.17) is 4.74 Å². The summed E-state index contributed by atoms with van der Waals surface area (Å²) in [6.07, 6.45) is 2.65. The van der Waals surface area contributed by atoms with Gasteiger partial charge >= 0.3 is 0 Å². The van der Waals surface area contributed by atoms with Crippen LogP contribution in [0.1, 0.15) is 31.7 Å². The molecule has 2 unspecified atom stereocenters. The van der Waals surface area contributed by atoms with E-state index in [9.17, 15) is 5.26 Å². The standard InChI is InChI=1S/C15H20N2O/c1-3-13-10-15(11-16,8-9-18-13)17-14-7-5-4-6-12(14)2/h4-7,13,17H,3,8-10H2,1-2H3. The Hall–Kier alpha value is -1.53. The fourth-order valence-electron chi connectivity index (χ4n) is 2.43. The Bertz CT molecular complexity index is 452. The fourth-order valence-corrected chi connectivity index (χ4v) is 2.43. The van der Waals surface area contributed by atoms with Crippen molar-refractivity contribution in [3.05, 3.63) is 29.8 Å². The molecule has 0 radical (unpaired) electrons. The third-order valence-electron chi connectivity index (χ3n) is 3.65. The Morgan fingerprint density at radius 3 is 2.94 bits per heavy atom. The van der Waals surface area contributed by atoms with E-state index in [1.807, 2.05) is 18.2 Å². The molecule has 96 valence electrons. The van der Waals surface area contributed by atoms with E-state index in [2.05, 4.69) is 31.3 Å². The first-order valence-corrected chi connectivity index (χ1v) is 6.56. The van der Waals surface area contributed by atoms with E-state index in [0.29, 0.717) is 6.61 Å². The Kier molecular flexibility index (Phi) is 3.88. The zero-order valence-electron chi connectivity index (χ0n) is 11.1. The number of nitrogens with one attached hydrogen (secondary N) is 1. The molecule has 1 N–H and O–H groups in total. The van der Waals surface area contributed by atoms with E-state index in [0.717, 1.165) is 24.9 Å². The van der Waals surface area contributed by atoms with E-state index < -0.39 is 5.54 Å². The van der Waals surface area contributed by atoms with Crippen molar-refractivity contribution in [3.63, 3.8) is 0 Å². The highest BCUT2D eigenvalue weighted by atomic mass is 16.5.